The van der Waals surface area contributed by atoms with Gasteiger partial charge in [-0.3, -0.25) is 14.5 Å². The second kappa shape index (κ2) is 8.08. The highest BCUT2D eigenvalue weighted by molar-refractivity contribution is 5.92. The minimum absolute atomic E-state index is 0.0638. The van der Waals surface area contributed by atoms with Crippen LogP contribution in [0.3, 0.4) is 0 Å². The minimum Gasteiger partial charge on any atom is -0.365 e. The van der Waals surface area contributed by atoms with Crippen molar-refractivity contribution in [3.63, 3.8) is 0 Å². The molecule has 1 amide bonds. The van der Waals surface area contributed by atoms with Gasteiger partial charge in [-0.1, -0.05) is 0 Å². The number of hydrogen-bond acceptors (Lipinski definition) is 6. The van der Waals surface area contributed by atoms with E-state index in [0.29, 0.717) is 42.1 Å². The first-order chi connectivity index (χ1) is 16.9. The molecule has 7 rings (SSSR count). The molecule has 3 heterocycles. The second-order valence-electron chi connectivity index (χ2n) is 9.90. The summed E-state index contributed by atoms with van der Waals surface area (Å²) in [6, 6.07) is 7.69. The lowest BCUT2D eigenvalue weighted by atomic mass is 9.69. The third-order valence-corrected chi connectivity index (χ3v) is 8.03. The summed E-state index contributed by atoms with van der Waals surface area (Å²) < 4.78 is 28.1. The molecule has 3 aliphatic carbocycles. The monoisotopic (exact) mass is 480 g/mol. The van der Waals surface area contributed by atoms with E-state index in [1.165, 1.54) is 19.2 Å². The van der Waals surface area contributed by atoms with E-state index < -0.39 is 17.7 Å². The molecule has 1 atom stereocenters. The molecule has 3 aromatic rings. The topological polar surface area (TPSA) is 94.2 Å². The van der Waals surface area contributed by atoms with Crippen molar-refractivity contribution in [2.24, 2.45) is 5.92 Å². The summed E-state index contributed by atoms with van der Waals surface area (Å²) in [6.07, 6.45) is 2.88. The Hall–Kier alpha value is -3.40. The molecular formula is C25H26F2N6O2. The number of nitrogens with zero attached hydrogens (tertiary/aromatic N) is 4. The van der Waals surface area contributed by atoms with E-state index in [1.807, 2.05) is 4.90 Å². The number of benzene rings is 1. The van der Waals surface area contributed by atoms with Crippen molar-refractivity contribution in [1.29, 1.82) is 0 Å². The normalized spacial score (nSPS) is 26.1. The fourth-order valence-electron chi connectivity index (χ4n) is 6.24. The predicted octanol–water partition coefficient (Wildman–Crippen LogP) is 2.20. The SMILES string of the molecule is CNC(=O)c1ccc(N2CCN(C3CC4(c5nc6ccc(F)cc6c(=O)[nH]5)CC3C4)CC2)c(F)n1. The number of H-pyrrole nitrogens is 1. The number of hydrogen-bond donors (Lipinski definition) is 2. The Labute approximate surface area is 200 Å². The minimum atomic E-state index is -0.632. The van der Waals surface area contributed by atoms with Crippen molar-refractivity contribution in [2.75, 3.05) is 38.1 Å². The maximum Gasteiger partial charge on any atom is 0.269 e. The number of halogens is 2. The number of rotatable bonds is 4. The lowest BCUT2D eigenvalue weighted by Gasteiger charge is -2.41. The number of carbonyl (C=O) groups is 1. The quantitative estimate of drug-likeness (QED) is 0.556. The summed E-state index contributed by atoms with van der Waals surface area (Å²) in [4.78, 5) is 40.2. The summed E-state index contributed by atoms with van der Waals surface area (Å²) in [5, 5.41) is 2.73. The van der Waals surface area contributed by atoms with Crippen LogP contribution in [0.15, 0.2) is 35.1 Å². The van der Waals surface area contributed by atoms with Crippen LogP contribution < -0.4 is 15.8 Å². The zero-order valence-corrected chi connectivity index (χ0v) is 19.4. The first kappa shape index (κ1) is 22.1. The average molecular weight is 481 g/mol. The molecule has 0 spiro atoms. The van der Waals surface area contributed by atoms with E-state index in [9.17, 15) is 18.4 Å². The van der Waals surface area contributed by atoms with E-state index in [4.69, 9.17) is 4.98 Å². The Bertz CT molecular complexity index is 1380. The summed E-state index contributed by atoms with van der Waals surface area (Å²) in [6.45, 7) is 2.94. The van der Waals surface area contributed by atoms with Crippen LogP contribution in [-0.2, 0) is 5.41 Å². The molecule has 182 valence electrons. The van der Waals surface area contributed by atoms with Crippen LogP contribution in [-0.4, -0.2) is 65.0 Å². The molecule has 1 saturated heterocycles. The fraction of sp³-hybridized carbons (Fsp3) is 0.440. The van der Waals surface area contributed by atoms with Crippen molar-refractivity contribution in [2.45, 2.75) is 30.7 Å². The number of anilines is 1. The Balaban J connectivity index is 1.14. The number of aromatic amines is 1. The Kier molecular flexibility index (Phi) is 5.10. The van der Waals surface area contributed by atoms with Gasteiger partial charge >= 0.3 is 0 Å². The highest BCUT2D eigenvalue weighted by atomic mass is 19.1. The first-order valence-electron chi connectivity index (χ1n) is 11.9. The van der Waals surface area contributed by atoms with Gasteiger partial charge in [-0.2, -0.15) is 4.39 Å². The van der Waals surface area contributed by atoms with Gasteiger partial charge in [0.2, 0.25) is 5.95 Å². The van der Waals surface area contributed by atoms with Crippen molar-refractivity contribution in [3.05, 3.63) is 64.0 Å². The fourth-order valence-corrected chi connectivity index (χ4v) is 6.24. The Morgan fingerprint density at radius 1 is 1.09 bits per heavy atom. The summed E-state index contributed by atoms with van der Waals surface area (Å²) in [5.74, 6) is -0.237. The number of piperazine rings is 1. The lowest BCUT2D eigenvalue weighted by Crippen LogP contribution is -2.51. The van der Waals surface area contributed by atoms with Crippen molar-refractivity contribution in [1.82, 2.24) is 25.2 Å². The standard InChI is InChI=1S/C25H26F2N6O2/c1-28-23(35)18-4-5-19(21(27)29-18)32-6-8-33(9-7-32)20-13-25(11-14(20)12-25)24-30-17-3-2-15(26)10-16(17)22(34)31-24/h2-5,10,14,20H,6-9,11-13H2,1H3,(H,28,35)(H,30,31,34). The van der Waals surface area contributed by atoms with Crippen LogP contribution in [0.4, 0.5) is 14.5 Å². The molecule has 35 heavy (non-hydrogen) atoms. The summed E-state index contributed by atoms with van der Waals surface area (Å²) in [5.41, 5.74) is 0.572. The third-order valence-electron chi connectivity index (χ3n) is 8.03. The third kappa shape index (κ3) is 3.58. The van der Waals surface area contributed by atoms with Gasteiger partial charge in [-0.15, -0.1) is 0 Å². The smallest absolute Gasteiger partial charge is 0.269 e. The van der Waals surface area contributed by atoms with Gasteiger partial charge in [-0.25, -0.2) is 14.4 Å². The highest BCUT2D eigenvalue weighted by Crippen LogP contribution is 2.60. The number of fused-ring (bicyclic) bond motifs is 2. The zero-order valence-electron chi connectivity index (χ0n) is 19.4. The predicted molar refractivity (Wildman–Crippen MR) is 126 cm³/mol. The van der Waals surface area contributed by atoms with Gasteiger partial charge in [0.05, 0.1) is 16.6 Å². The molecule has 0 radical (unpaired) electrons. The van der Waals surface area contributed by atoms with E-state index >= 15 is 0 Å². The van der Waals surface area contributed by atoms with Gasteiger partial charge in [0.15, 0.2) is 0 Å². The molecule has 2 aromatic heterocycles. The van der Waals surface area contributed by atoms with E-state index in [-0.39, 0.29) is 22.1 Å². The molecule has 4 fully saturated rings. The molecule has 8 nitrogen and oxygen atoms in total. The van der Waals surface area contributed by atoms with Gasteiger partial charge < -0.3 is 15.2 Å². The van der Waals surface area contributed by atoms with Gasteiger partial charge in [0, 0.05) is 44.7 Å². The van der Waals surface area contributed by atoms with Crippen LogP contribution >= 0.6 is 0 Å². The molecule has 10 heteroatoms. The second-order valence-corrected chi connectivity index (χ2v) is 9.90. The largest absolute Gasteiger partial charge is 0.365 e. The number of amides is 1. The average Bonchev–Trinajstić information content (AvgIpc) is 3.41. The number of aromatic nitrogens is 3. The maximum absolute atomic E-state index is 14.6. The van der Waals surface area contributed by atoms with E-state index in [1.54, 1.807) is 18.2 Å². The van der Waals surface area contributed by atoms with Crippen LogP contribution in [0.2, 0.25) is 0 Å². The maximum atomic E-state index is 14.6. The zero-order chi connectivity index (χ0) is 24.3. The summed E-state index contributed by atoms with van der Waals surface area (Å²) >= 11 is 0. The Morgan fingerprint density at radius 2 is 1.86 bits per heavy atom. The van der Waals surface area contributed by atoms with Crippen LogP contribution in [0, 0.1) is 17.7 Å². The van der Waals surface area contributed by atoms with Crippen LogP contribution in [0.5, 0.6) is 0 Å². The molecule has 1 unspecified atom stereocenters. The van der Waals surface area contributed by atoms with Gasteiger partial charge in [0.25, 0.3) is 11.5 Å². The van der Waals surface area contributed by atoms with E-state index in [2.05, 4.69) is 20.2 Å². The molecule has 1 aliphatic heterocycles. The molecular weight excluding hydrogens is 454 g/mol. The number of pyridine rings is 1. The van der Waals surface area contributed by atoms with Gasteiger partial charge in [-0.05, 0) is 55.5 Å². The lowest BCUT2D eigenvalue weighted by molar-refractivity contribution is 0.0957. The van der Waals surface area contributed by atoms with Crippen molar-refractivity contribution in [3.8, 4) is 0 Å². The molecule has 3 saturated carbocycles. The molecule has 1 aromatic carbocycles. The molecule has 4 aliphatic rings. The number of nitrogens with one attached hydrogen (secondary N) is 2. The number of carbonyl (C=O) groups excluding carboxylic acids is 1. The van der Waals surface area contributed by atoms with E-state index in [0.717, 1.165) is 32.4 Å². The van der Waals surface area contributed by atoms with Gasteiger partial charge in [0.1, 0.15) is 17.3 Å². The first-order valence-corrected chi connectivity index (χ1v) is 11.9. The highest BCUT2D eigenvalue weighted by Gasteiger charge is 2.59. The molecule has 2 bridgehead atoms. The molecule has 2 N–H and O–H groups in total. The van der Waals surface area contributed by atoms with Crippen LogP contribution in [0.25, 0.3) is 10.9 Å². The Morgan fingerprint density at radius 3 is 2.57 bits per heavy atom. The van der Waals surface area contributed by atoms with Crippen molar-refractivity contribution >= 4 is 22.5 Å². The van der Waals surface area contributed by atoms with Crippen molar-refractivity contribution < 1.29 is 13.6 Å². The summed E-state index contributed by atoms with van der Waals surface area (Å²) in [7, 11) is 1.49. The van der Waals surface area contributed by atoms with Crippen LogP contribution in [0.1, 0.15) is 35.6 Å².